The molecule has 3 nitrogen and oxygen atoms in total. The largest absolute Gasteiger partial charge is 0.249 e. The lowest BCUT2D eigenvalue weighted by Crippen LogP contribution is -2.00. The Morgan fingerprint density at radius 2 is 1.87 bits per heavy atom. The lowest BCUT2D eigenvalue weighted by Gasteiger charge is -2.01. The van der Waals surface area contributed by atoms with Crippen LogP contribution in [0.1, 0.15) is 19.9 Å². The highest BCUT2D eigenvalue weighted by molar-refractivity contribution is 5.57. The number of benzene rings is 1. The quantitative estimate of drug-likeness (QED) is 0.754. The van der Waals surface area contributed by atoms with E-state index in [9.17, 15) is 4.39 Å². The van der Waals surface area contributed by atoms with Crippen molar-refractivity contribution in [2.24, 2.45) is 0 Å². The zero-order valence-corrected chi connectivity index (χ0v) is 8.68. The van der Waals surface area contributed by atoms with Crippen molar-refractivity contribution in [3.63, 3.8) is 0 Å². The average Bonchev–Trinajstić information content (AvgIpc) is 2.68. The Morgan fingerprint density at radius 1 is 1.20 bits per heavy atom. The molecule has 0 bridgehead atoms. The summed E-state index contributed by atoms with van der Waals surface area (Å²) in [5, 5.41) is 8.02. The first kappa shape index (κ1) is 9.83. The van der Waals surface area contributed by atoms with E-state index in [-0.39, 0.29) is 11.9 Å². The van der Waals surface area contributed by atoms with Gasteiger partial charge in [0.2, 0.25) is 0 Å². The molecule has 2 aromatic rings. The topological polar surface area (TPSA) is 30.7 Å². The van der Waals surface area contributed by atoms with E-state index >= 15 is 0 Å². The minimum Gasteiger partial charge on any atom is -0.249 e. The van der Waals surface area contributed by atoms with Gasteiger partial charge in [-0.25, -0.2) is 9.07 Å². The minimum absolute atomic E-state index is 0.241. The van der Waals surface area contributed by atoms with Gasteiger partial charge in [0.15, 0.2) is 0 Å². The van der Waals surface area contributed by atoms with Crippen LogP contribution in [0.25, 0.3) is 11.3 Å². The third-order valence-corrected chi connectivity index (χ3v) is 2.18. The molecule has 4 heteroatoms. The molecule has 0 aliphatic carbocycles. The van der Waals surface area contributed by atoms with E-state index in [1.165, 1.54) is 12.1 Å². The maximum Gasteiger partial charge on any atom is 0.123 e. The first-order chi connectivity index (χ1) is 7.16. The van der Waals surface area contributed by atoms with Crippen LogP contribution >= 0.6 is 0 Å². The average molecular weight is 205 g/mol. The molecule has 0 fully saturated rings. The standard InChI is InChI=1S/C11H12FN3/c1-8(2)15-7-11(13-14-15)9-3-5-10(12)6-4-9/h3-8H,1-2H3. The van der Waals surface area contributed by atoms with E-state index in [2.05, 4.69) is 10.3 Å². The molecule has 0 radical (unpaired) electrons. The number of hydrogen-bond acceptors (Lipinski definition) is 2. The van der Waals surface area contributed by atoms with E-state index in [1.54, 1.807) is 16.8 Å². The van der Waals surface area contributed by atoms with Gasteiger partial charge in [-0.15, -0.1) is 5.10 Å². The van der Waals surface area contributed by atoms with Crippen LogP contribution in [0.15, 0.2) is 30.5 Å². The molecular weight excluding hydrogens is 193 g/mol. The zero-order chi connectivity index (χ0) is 10.8. The molecule has 2 rings (SSSR count). The second-order valence-corrected chi connectivity index (χ2v) is 3.68. The van der Waals surface area contributed by atoms with Gasteiger partial charge in [-0.3, -0.25) is 0 Å². The molecule has 0 spiro atoms. The van der Waals surface area contributed by atoms with Crippen molar-refractivity contribution in [3.05, 3.63) is 36.3 Å². The number of rotatable bonds is 2. The van der Waals surface area contributed by atoms with Crippen molar-refractivity contribution in [2.45, 2.75) is 19.9 Å². The smallest absolute Gasteiger partial charge is 0.123 e. The van der Waals surface area contributed by atoms with Gasteiger partial charge in [-0.1, -0.05) is 5.21 Å². The Labute approximate surface area is 87.5 Å². The Morgan fingerprint density at radius 3 is 2.40 bits per heavy atom. The van der Waals surface area contributed by atoms with Crippen molar-refractivity contribution < 1.29 is 4.39 Å². The molecule has 0 saturated heterocycles. The lowest BCUT2D eigenvalue weighted by molar-refractivity contribution is 0.514. The monoisotopic (exact) mass is 205 g/mol. The third kappa shape index (κ3) is 2.03. The fourth-order valence-electron chi connectivity index (χ4n) is 1.28. The predicted octanol–water partition coefficient (Wildman–Crippen LogP) is 2.67. The third-order valence-electron chi connectivity index (χ3n) is 2.18. The van der Waals surface area contributed by atoms with Crippen LogP contribution in [0.2, 0.25) is 0 Å². The minimum atomic E-state index is -0.241. The van der Waals surface area contributed by atoms with E-state index < -0.39 is 0 Å². The number of nitrogens with zero attached hydrogens (tertiary/aromatic N) is 3. The van der Waals surface area contributed by atoms with Gasteiger partial charge in [-0.2, -0.15) is 0 Å². The second kappa shape index (κ2) is 3.81. The summed E-state index contributed by atoms with van der Waals surface area (Å²) in [5.41, 5.74) is 1.65. The normalized spacial score (nSPS) is 10.9. The van der Waals surface area contributed by atoms with Crippen LogP contribution in [0.4, 0.5) is 4.39 Å². The van der Waals surface area contributed by atoms with Gasteiger partial charge < -0.3 is 0 Å². The van der Waals surface area contributed by atoms with Crippen LogP contribution in [-0.4, -0.2) is 15.0 Å². The Bertz CT molecular complexity index is 445. The second-order valence-electron chi connectivity index (χ2n) is 3.68. The number of aromatic nitrogens is 3. The Hall–Kier alpha value is -1.71. The summed E-state index contributed by atoms with van der Waals surface area (Å²) in [4.78, 5) is 0. The molecule has 1 heterocycles. The fourth-order valence-corrected chi connectivity index (χ4v) is 1.28. The molecule has 0 N–H and O–H groups in total. The number of halogens is 1. The first-order valence-corrected chi connectivity index (χ1v) is 4.84. The van der Waals surface area contributed by atoms with Crippen molar-refractivity contribution in [2.75, 3.05) is 0 Å². The molecule has 0 amide bonds. The molecule has 15 heavy (non-hydrogen) atoms. The summed E-state index contributed by atoms with van der Waals surface area (Å²) in [6, 6.07) is 6.52. The van der Waals surface area contributed by atoms with Gasteiger partial charge in [0.1, 0.15) is 11.5 Å². The highest BCUT2D eigenvalue weighted by Gasteiger charge is 2.05. The van der Waals surface area contributed by atoms with Crippen molar-refractivity contribution in [1.82, 2.24) is 15.0 Å². The molecule has 0 saturated carbocycles. The highest BCUT2D eigenvalue weighted by atomic mass is 19.1. The maximum absolute atomic E-state index is 12.7. The summed E-state index contributed by atoms with van der Waals surface area (Å²) in [5.74, 6) is -0.241. The molecule has 0 aliphatic rings. The first-order valence-electron chi connectivity index (χ1n) is 4.84. The van der Waals surface area contributed by atoms with Crippen LogP contribution in [0, 0.1) is 5.82 Å². The molecule has 0 atom stereocenters. The van der Waals surface area contributed by atoms with E-state index in [1.807, 2.05) is 20.0 Å². The SMILES string of the molecule is CC(C)n1cc(-c2ccc(F)cc2)nn1. The summed E-state index contributed by atoms with van der Waals surface area (Å²) in [7, 11) is 0. The van der Waals surface area contributed by atoms with E-state index in [4.69, 9.17) is 0 Å². The molecule has 78 valence electrons. The van der Waals surface area contributed by atoms with Crippen molar-refractivity contribution >= 4 is 0 Å². The zero-order valence-electron chi connectivity index (χ0n) is 8.68. The van der Waals surface area contributed by atoms with Crippen molar-refractivity contribution in [1.29, 1.82) is 0 Å². The fraction of sp³-hybridized carbons (Fsp3) is 0.273. The van der Waals surface area contributed by atoms with Gasteiger partial charge in [-0.05, 0) is 38.1 Å². The molecule has 0 aliphatic heterocycles. The van der Waals surface area contributed by atoms with E-state index in [0.29, 0.717) is 0 Å². The highest BCUT2D eigenvalue weighted by Crippen LogP contribution is 2.17. The van der Waals surface area contributed by atoms with E-state index in [0.717, 1.165) is 11.3 Å². The van der Waals surface area contributed by atoms with Gasteiger partial charge >= 0.3 is 0 Å². The Kier molecular flexibility index (Phi) is 2.49. The summed E-state index contributed by atoms with van der Waals surface area (Å²) in [6.07, 6.45) is 1.86. The Balaban J connectivity index is 2.33. The molecule has 0 unspecified atom stereocenters. The van der Waals surface area contributed by atoms with Crippen LogP contribution in [-0.2, 0) is 0 Å². The summed E-state index contributed by atoms with van der Waals surface area (Å²) >= 11 is 0. The van der Waals surface area contributed by atoms with Crippen molar-refractivity contribution in [3.8, 4) is 11.3 Å². The number of hydrogen-bond donors (Lipinski definition) is 0. The van der Waals surface area contributed by atoms with Gasteiger partial charge in [0.05, 0.1) is 6.20 Å². The van der Waals surface area contributed by atoms with Gasteiger partial charge in [0.25, 0.3) is 0 Å². The van der Waals surface area contributed by atoms with Crippen LogP contribution in [0.3, 0.4) is 0 Å². The molecular formula is C11H12FN3. The summed E-state index contributed by atoms with van der Waals surface area (Å²) in [6.45, 7) is 4.06. The maximum atomic E-state index is 12.7. The van der Waals surface area contributed by atoms with Gasteiger partial charge in [0, 0.05) is 11.6 Å². The summed E-state index contributed by atoms with van der Waals surface area (Å²) < 4.78 is 14.5. The molecule has 1 aromatic heterocycles. The van der Waals surface area contributed by atoms with Crippen LogP contribution < -0.4 is 0 Å². The molecule has 1 aromatic carbocycles. The lowest BCUT2D eigenvalue weighted by atomic mass is 10.2. The predicted molar refractivity (Wildman–Crippen MR) is 55.8 cm³/mol. The van der Waals surface area contributed by atoms with Crippen LogP contribution in [0.5, 0.6) is 0 Å².